The number of nitrogens with zero attached hydrogens (tertiary/aromatic N) is 2. The minimum Gasteiger partial charge on any atom is -0.495 e. The van der Waals surface area contributed by atoms with Gasteiger partial charge in [0.2, 0.25) is 5.91 Å². The third-order valence-corrected chi connectivity index (χ3v) is 9.67. The number of hydrogen-bond acceptors (Lipinski definition) is 8. The van der Waals surface area contributed by atoms with E-state index in [1.54, 1.807) is 42.8 Å². The summed E-state index contributed by atoms with van der Waals surface area (Å²) in [5, 5.41) is 5.63. The first-order valence-corrected chi connectivity index (χ1v) is 14.0. The number of furan rings is 2. The molecule has 1 amide bonds. The number of thioether (sulfide) groups is 2. The number of para-hydroxylation sites is 1. The average Bonchev–Trinajstić information content (AvgIpc) is 3.63. The van der Waals surface area contributed by atoms with Gasteiger partial charge in [0.05, 0.1) is 35.0 Å². The number of carbonyl (C=O) groups is 1. The van der Waals surface area contributed by atoms with E-state index < -0.39 is 0 Å². The van der Waals surface area contributed by atoms with Crippen LogP contribution in [0.5, 0.6) is 5.75 Å². The van der Waals surface area contributed by atoms with Crippen LogP contribution in [-0.4, -0.2) is 32.9 Å². The number of amides is 1. The second kappa shape index (κ2) is 9.92. The minimum atomic E-state index is -0.172. The predicted octanol–water partition coefficient (Wildman–Crippen LogP) is 5.72. The van der Waals surface area contributed by atoms with Crippen LogP contribution in [0.25, 0.3) is 21.9 Å². The number of aryl methyl sites for hydroxylation is 1. The number of carbonyl (C=O) groups excluding carboxylic acids is 1. The van der Waals surface area contributed by atoms with Crippen LogP contribution in [-0.2, 0) is 18.3 Å². The van der Waals surface area contributed by atoms with Gasteiger partial charge in [-0.2, -0.15) is 0 Å². The van der Waals surface area contributed by atoms with Gasteiger partial charge in [-0.1, -0.05) is 30.0 Å². The number of rotatable bonds is 7. The SMILES string of the molecule is COc1cc2c(cc1NC(=O)CS[C@@H]1Sc3nc(C)n(C)c(=O)c3[C@@H]1Cc1ccco1)oc1ccccc12. The smallest absolute Gasteiger partial charge is 0.257 e. The molecule has 1 aliphatic heterocycles. The Morgan fingerprint density at radius 2 is 2.03 bits per heavy atom. The van der Waals surface area contributed by atoms with Crippen LogP contribution in [0, 0.1) is 6.92 Å². The van der Waals surface area contributed by atoms with Gasteiger partial charge < -0.3 is 18.9 Å². The number of fused-ring (bicyclic) bond motifs is 4. The summed E-state index contributed by atoms with van der Waals surface area (Å²) < 4.78 is 18.7. The van der Waals surface area contributed by atoms with E-state index in [1.165, 1.54) is 11.8 Å². The highest BCUT2D eigenvalue weighted by molar-refractivity contribution is 8.17. The summed E-state index contributed by atoms with van der Waals surface area (Å²) in [4.78, 5) is 30.9. The summed E-state index contributed by atoms with van der Waals surface area (Å²) in [7, 11) is 3.31. The molecule has 5 aromatic rings. The molecule has 3 aromatic heterocycles. The molecule has 6 rings (SSSR count). The zero-order chi connectivity index (χ0) is 26.4. The molecular weight excluding hydrogens is 522 g/mol. The lowest BCUT2D eigenvalue weighted by atomic mass is 9.99. The molecule has 0 aliphatic carbocycles. The Morgan fingerprint density at radius 3 is 2.82 bits per heavy atom. The summed E-state index contributed by atoms with van der Waals surface area (Å²) in [6, 6.07) is 15.2. The van der Waals surface area contributed by atoms with Crippen LogP contribution >= 0.6 is 23.5 Å². The van der Waals surface area contributed by atoms with Crippen molar-refractivity contribution in [2.24, 2.45) is 7.05 Å². The minimum absolute atomic E-state index is 0.0482. The third-order valence-electron chi connectivity index (χ3n) is 6.79. The predicted molar refractivity (Wildman–Crippen MR) is 150 cm³/mol. The molecule has 0 radical (unpaired) electrons. The zero-order valence-electron chi connectivity index (χ0n) is 21.0. The molecule has 4 heterocycles. The van der Waals surface area contributed by atoms with E-state index in [4.69, 9.17) is 13.6 Å². The Balaban J connectivity index is 1.22. The van der Waals surface area contributed by atoms with Crippen molar-refractivity contribution in [1.29, 1.82) is 0 Å². The van der Waals surface area contributed by atoms with E-state index >= 15 is 0 Å². The van der Waals surface area contributed by atoms with Crippen LogP contribution in [0.15, 0.2) is 73.4 Å². The highest BCUT2D eigenvalue weighted by Gasteiger charge is 2.39. The van der Waals surface area contributed by atoms with Crippen molar-refractivity contribution < 1.29 is 18.4 Å². The molecule has 38 heavy (non-hydrogen) atoms. The van der Waals surface area contributed by atoms with Gasteiger partial charge in [0.15, 0.2) is 0 Å². The maximum absolute atomic E-state index is 13.2. The fourth-order valence-electron chi connectivity index (χ4n) is 4.79. The molecule has 10 heteroatoms. The summed E-state index contributed by atoms with van der Waals surface area (Å²) in [6.07, 6.45) is 2.19. The second-order valence-corrected chi connectivity index (χ2v) is 11.7. The van der Waals surface area contributed by atoms with Gasteiger partial charge >= 0.3 is 0 Å². The Morgan fingerprint density at radius 1 is 1.18 bits per heavy atom. The first kappa shape index (κ1) is 24.7. The molecule has 2 aromatic carbocycles. The molecule has 1 aliphatic rings. The molecule has 0 unspecified atom stereocenters. The summed E-state index contributed by atoms with van der Waals surface area (Å²) in [5.41, 5.74) is 2.64. The van der Waals surface area contributed by atoms with Crippen LogP contribution in [0.4, 0.5) is 5.69 Å². The first-order chi connectivity index (χ1) is 18.4. The highest BCUT2D eigenvalue weighted by Crippen LogP contribution is 2.49. The Kier molecular flexibility index (Phi) is 6.45. The van der Waals surface area contributed by atoms with E-state index in [1.807, 2.05) is 49.4 Å². The van der Waals surface area contributed by atoms with E-state index in [0.29, 0.717) is 34.8 Å². The zero-order valence-corrected chi connectivity index (χ0v) is 22.7. The van der Waals surface area contributed by atoms with E-state index in [-0.39, 0.29) is 27.7 Å². The number of aromatic nitrogens is 2. The first-order valence-electron chi connectivity index (χ1n) is 12.1. The quantitative estimate of drug-likeness (QED) is 0.258. The normalized spacial score (nSPS) is 16.7. The van der Waals surface area contributed by atoms with Crippen LogP contribution < -0.4 is 15.6 Å². The molecule has 8 nitrogen and oxygen atoms in total. The number of benzene rings is 2. The Bertz CT molecular complexity index is 1720. The summed E-state index contributed by atoms with van der Waals surface area (Å²) >= 11 is 3.04. The fourth-order valence-corrected chi connectivity index (χ4v) is 7.56. The maximum atomic E-state index is 13.2. The Labute approximate surface area is 226 Å². The largest absolute Gasteiger partial charge is 0.495 e. The summed E-state index contributed by atoms with van der Waals surface area (Å²) in [5.74, 6) is 1.91. The van der Waals surface area contributed by atoms with Gasteiger partial charge in [-0.3, -0.25) is 14.2 Å². The standard InChI is InChI=1S/C28H25N3O5S2/c1-15-29-26-25(27(33)31(15)2)19(11-16-7-6-10-35-16)28(38-26)37-14-24(32)30-20-13-22-18(12-23(20)34-3)17-8-4-5-9-21(17)36-22/h4-10,12-13,19,28H,11,14H2,1-3H3,(H,30,32)/t19-,28+/m0/s1. The number of hydrogen-bond donors (Lipinski definition) is 1. The molecule has 0 saturated heterocycles. The van der Waals surface area contributed by atoms with Gasteiger partial charge in [0, 0.05) is 36.2 Å². The summed E-state index contributed by atoms with van der Waals surface area (Å²) in [6.45, 7) is 1.82. The molecule has 0 fully saturated rings. The van der Waals surface area contributed by atoms with Crippen LogP contribution in [0.1, 0.15) is 23.1 Å². The van der Waals surface area contributed by atoms with Crippen molar-refractivity contribution in [3.05, 3.63) is 82.3 Å². The van der Waals surface area contributed by atoms with Crippen LogP contribution in [0.2, 0.25) is 0 Å². The fraction of sp³-hybridized carbons (Fsp3) is 0.250. The maximum Gasteiger partial charge on any atom is 0.257 e. The monoisotopic (exact) mass is 547 g/mol. The third kappa shape index (κ3) is 4.37. The molecule has 2 atom stereocenters. The topological polar surface area (TPSA) is 99.5 Å². The van der Waals surface area contributed by atoms with Gasteiger partial charge in [-0.25, -0.2) is 4.98 Å². The molecular formula is C28H25N3O5S2. The van der Waals surface area contributed by atoms with E-state index in [2.05, 4.69) is 10.3 Å². The molecule has 0 saturated carbocycles. The van der Waals surface area contributed by atoms with Gasteiger partial charge in [0.1, 0.15) is 33.5 Å². The average molecular weight is 548 g/mol. The molecule has 0 spiro atoms. The van der Waals surface area contributed by atoms with Gasteiger partial charge in [-0.15, -0.1) is 11.8 Å². The lowest BCUT2D eigenvalue weighted by Crippen LogP contribution is -2.27. The van der Waals surface area contributed by atoms with Crippen molar-refractivity contribution in [2.75, 3.05) is 18.2 Å². The van der Waals surface area contributed by atoms with Crippen molar-refractivity contribution in [2.45, 2.75) is 28.9 Å². The number of ether oxygens (including phenoxy) is 1. The lowest BCUT2D eigenvalue weighted by molar-refractivity contribution is -0.113. The number of nitrogens with one attached hydrogen (secondary N) is 1. The molecule has 0 bridgehead atoms. The number of methoxy groups -OCH3 is 1. The highest BCUT2D eigenvalue weighted by atomic mass is 32.2. The van der Waals surface area contributed by atoms with Crippen LogP contribution in [0.3, 0.4) is 0 Å². The second-order valence-electron chi connectivity index (χ2n) is 9.12. The van der Waals surface area contributed by atoms with E-state index in [0.717, 1.165) is 27.1 Å². The molecule has 1 N–H and O–H groups in total. The molecule has 194 valence electrons. The van der Waals surface area contributed by atoms with Gasteiger partial charge in [0.25, 0.3) is 5.56 Å². The van der Waals surface area contributed by atoms with Crippen molar-refractivity contribution >= 4 is 57.1 Å². The van der Waals surface area contributed by atoms with Crippen molar-refractivity contribution in [3.8, 4) is 5.75 Å². The van der Waals surface area contributed by atoms with E-state index in [9.17, 15) is 9.59 Å². The number of anilines is 1. The van der Waals surface area contributed by atoms with Gasteiger partial charge in [-0.05, 0) is 31.2 Å². The Hall–Kier alpha value is -3.63. The van der Waals surface area contributed by atoms with Crippen molar-refractivity contribution in [1.82, 2.24) is 9.55 Å². The lowest BCUT2D eigenvalue weighted by Gasteiger charge is -2.18. The van der Waals surface area contributed by atoms with Crippen molar-refractivity contribution in [3.63, 3.8) is 0 Å².